The second kappa shape index (κ2) is 8.39. The molecule has 116 valence electrons. The number of carbonyl (C=O) groups excluding carboxylic acids is 2. The standard InChI is InChI=1S/C15H22N2O4/c1-2-3-9-17(10-11-7-5-4-6-8-11)15(21)13(19)12(18)14(16)20/h4-8,12-13,18-19H,2-3,9-10H2,1H3,(H2,16,20). The van der Waals surface area contributed by atoms with Crippen LogP contribution in [-0.4, -0.2) is 45.7 Å². The zero-order valence-corrected chi connectivity index (χ0v) is 12.1. The van der Waals surface area contributed by atoms with E-state index in [0.29, 0.717) is 13.1 Å². The van der Waals surface area contributed by atoms with Crippen LogP contribution < -0.4 is 5.73 Å². The maximum absolute atomic E-state index is 12.2. The van der Waals surface area contributed by atoms with E-state index in [2.05, 4.69) is 0 Å². The minimum atomic E-state index is -1.89. The van der Waals surface area contributed by atoms with Gasteiger partial charge in [0.2, 0.25) is 5.91 Å². The highest BCUT2D eigenvalue weighted by molar-refractivity contribution is 5.89. The van der Waals surface area contributed by atoms with Gasteiger partial charge < -0.3 is 20.8 Å². The van der Waals surface area contributed by atoms with Gasteiger partial charge >= 0.3 is 0 Å². The Morgan fingerprint density at radius 2 is 1.81 bits per heavy atom. The van der Waals surface area contributed by atoms with Crippen molar-refractivity contribution in [2.75, 3.05) is 6.54 Å². The maximum atomic E-state index is 12.2. The van der Waals surface area contributed by atoms with Crippen molar-refractivity contribution in [1.29, 1.82) is 0 Å². The van der Waals surface area contributed by atoms with Crippen LogP contribution in [0.3, 0.4) is 0 Å². The Morgan fingerprint density at radius 3 is 2.33 bits per heavy atom. The topological polar surface area (TPSA) is 104 Å². The fourth-order valence-electron chi connectivity index (χ4n) is 1.90. The molecular weight excluding hydrogens is 272 g/mol. The van der Waals surface area contributed by atoms with Crippen molar-refractivity contribution < 1.29 is 19.8 Å². The number of primary amides is 1. The van der Waals surface area contributed by atoms with Crippen molar-refractivity contribution >= 4 is 11.8 Å². The van der Waals surface area contributed by atoms with Gasteiger partial charge in [-0.3, -0.25) is 9.59 Å². The average Bonchev–Trinajstić information content (AvgIpc) is 2.50. The van der Waals surface area contributed by atoms with Crippen LogP contribution in [0.15, 0.2) is 30.3 Å². The second-order valence-electron chi connectivity index (χ2n) is 4.89. The van der Waals surface area contributed by atoms with Gasteiger partial charge in [-0.15, -0.1) is 0 Å². The van der Waals surface area contributed by atoms with Crippen LogP contribution in [-0.2, 0) is 16.1 Å². The van der Waals surface area contributed by atoms with Gasteiger partial charge in [0.05, 0.1) is 0 Å². The van der Waals surface area contributed by atoms with E-state index in [1.807, 2.05) is 37.3 Å². The molecule has 0 aliphatic rings. The van der Waals surface area contributed by atoms with Crippen LogP contribution in [0.4, 0.5) is 0 Å². The molecule has 0 radical (unpaired) electrons. The van der Waals surface area contributed by atoms with E-state index < -0.39 is 24.0 Å². The molecule has 4 N–H and O–H groups in total. The summed E-state index contributed by atoms with van der Waals surface area (Å²) in [7, 11) is 0. The van der Waals surface area contributed by atoms with Gasteiger partial charge in [0.1, 0.15) is 0 Å². The smallest absolute Gasteiger partial charge is 0.254 e. The summed E-state index contributed by atoms with van der Waals surface area (Å²) in [5.41, 5.74) is 5.81. The number of nitrogens with two attached hydrogens (primary N) is 1. The van der Waals surface area contributed by atoms with Crippen molar-refractivity contribution in [1.82, 2.24) is 4.90 Å². The highest BCUT2D eigenvalue weighted by Gasteiger charge is 2.31. The summed E-state index contributed by atoms with van der Waals surface area (Å²) < 4.78 is 0. The number of amides is 2. The van der Waals surface area contributed by atoms with E-state index in [-0.39, 0.29) is 0 Å². The Labute approximate surface area is 124 Å². The van der Waals surface area contributed by atoms with Crippen LogP contribution in [0, 0.1) is 0 Å². The van der Waals surface area contributed by atoms with Gasteiger partial charge in [-0.1, -0.05) is 43.7 Å². The molecule has 1 rings (SSSR count). The lowest BCUT2D eigenvalue weighted by atomic mass is 10.1. The summed E-state index contributed by atoms with van der Waals surface area (Å²) in [6.45, 7) is 2.73. The van der Waals surface area contributed by atoms with Crippen molar-refractivity contribution in [3.05, 3.63) is 35.9 Å². The van der Waals surface area contributed by atoms with E-state index in [1.54, 1.807) is 0 Å². The van der Waals surface area contributed by atoms with Crippen molar-refractivity contribution in [2.45, 2.75) is 38.5 Å². The molecule has 0 bridgehead atoms. The number of hydrogen-bond acceptors (Lipinski definition) is 4. The summed E-state index contributed by atoms with van der Waals surface area (Å²) in [5.74, 6) is -1.82. The zero-order valence-electron chi connectivity index (χ0n) is 12.1. The minimum absolute atomic E-state index is 0.308. The first-order chi connectivity index (χ1) is 9.97. The molecule has 0 fully saturated rings. The van der Waals surface area contributed by atoms with Crippen LogP contribution in [0.1, 0.15) is 25.3 Å². The lowest BCUT2D eigenvalue weighted by Crippen LogP contribution is -2.49. The van der Waals surface area contributed by atoms with Crippen LogP contribution in [0.25, 0.3) is 0 Å². The predicted molar refractivity (Wildman–Crippen MR) is 78.0 cm³/mol. The summed E-state index contributed by atoms with van der Waals surface area (Å²) in [6, 6.07) is 9.30. The summed E-state index contributed by atoms with van der Waals surface area (Å²) in [6.07, 6.45) is -2.08. The number of carbonyl (C=O) groups is 2. The fourth-order valence-corrected chi connectivity index (χ4v) is 1.90. The average molecular weight is 294 g/mol. The molecule has 2 amide bonds. The molecule has 0 aromatic heterocycles. The first kappa shape index (κ1) is 17.1. The summed E-state index contributed by atoms with van der Waals surface area (Å²) in [4.78, 5) is 24.5. The van der Waals surface area contributed by atoms with Gasteiger partial charge in [0, 0.05) is 13.1 Å². The Balaban J connectivity index is 2.81. The monoisotopic (exact) mass is 294 g/mol. The van der Waals surface area contributed by atoms with Crippen molar-refractivity contribution in [2.24, 2.45) is 5.73 Å². The van der Waals surface area contributed by atoms with Gasteiger partial charge in [0.15, 0.2) is 12.2 Å². The molecule has 6 heteroatoms. The highest BCUT2D eigenvalue weighted by atomic mass is 16.3. The molecule has 1 aromatic rings. The second-order valence-corrected chi connectivity index (χ2v) is 4.89. The number of benzene rings is 1. The minimum Gasteiger partial charge on any atom is -0.380 e. The van der Waals surface area contributed by atoms with Crippen LogP contribution >= 0.6 is 0 Å². The normalized spacial score (nSPS) is 13.5. The zero-order chi connectivity index (χ0) is 15.8. The quantitative estimate of drug-likeness (QED) is 0.629. The Bertz CT molecular complexity index is 464. The van der Waals surface area contributed by atoms with Crippen LogP contribution in [0.2, 0.25) is 0 Å². The van der Waals surface area contributed by atoms with E-state index >= 15 is 0 Å². The van der Waals surface area contributed by atoms with E-state index in [9.17, 15) is 19.8 Å². The van der Waals surface area contributed by atoms with E-state index in [1.165, 1.54) is 4.90 Å². The molecule has 0 spiro atoms. The largest absolute Gasteiger partial charge is 0.380 e. The molecule has 6 nitrogen and oxygen atoms in total. The molecule has 2 atom stereocenters. The molecule has 0 saturated heterocycles. The van der Waals surface area contributed by atoms with Gasteiger partial charge in [0.25, 0.3) is 5.91 Å². The third-order valence-electron chi connectivity index (χ3n) is 3.15. The molecular formula is C15H22N2O4. The van der Waals surface area contributed by atoms with Gasteiger partial charge in [-0.05, 0) is 12.0 Å². The molecule has 0 heterocycles. The predicted octanol–water partition coefficient (Wildman–Crippen LogP) is 0.0224. The first-order valence-corrected chi connectivity index (χ1v) is 6.95. The molecule has 2 unspecified atom stereocenters. The van der Waals surface area contributed by atoms with Crippen molar-refractivity contribution in [3.63, 3.8) is 0 Å². The number of unbranched alkanes of at least 4 members (excludes halogenated alkanes) is 1. The molecule has 1 aromatic carbocycles. The van der Waals surface area contributed by atoms with Gasteiger partial charge in [-0.25, -0.2) is 0 Å². The fraction of sp³-hybridized carbons (Fsp3) is 0.467. The van der Waals surface area contributed by atoms with E-state index in [4.69, 9.17) is 5.73 Å². The van der Waals surface area contributed by atoms with Gasteiger partial charge in [-0.2, -0.15) is 0 Å². The summed E-state index contributed by atoms with van der Waals surface area (Å²) in [5, 5.41) is 19.2. The first-order valence-electron chi connectivity index (χ1n) is 6.95. The number of aliphatic hydroxyl groups is 2. The maximum Gasteiger partial charge on any atom is 0.254 e. The number of nitrogens with zero attached hydrogens (tertiary/aromatic N) is 1. The number of hydrogen-bond donors (Lipinski definition) is 3. The number of aliphatic hydroxyl groups excluding tert-OH is 2. The van der Waals surface area contributed by atoms with Crippen LogP contribution in [0.5, 0.6) is 0 Å². The summed E-state index contributed by atoms with van der Waals surface area (Å²) >= 11 is 0. The molecule has 0 aliphatic heterocycles. The third-order valence-corrected chi connectivity index (χ3v) is 3.15. The van der Waals surface area contributed by atoms with E-state index in [0.717, 1.165) is 18.4 Å². The van der Waals surface area contributed by atoms with Crippen molar-refractivity contribution in [3.8, 4) is 0 Å². The Morgan fingerprint density at radius 1 is 1.19 bits per heavy atom. The lowest BCUT2D eigenvalue weighted by Gasteiger charge is -2.26. The SMILES string of the molecule is CCCCN(Cc1ccccc1)C(=O)C(O)C(O)C(N)=O. The Hall–Kier alpha value is -1.92. The Kier molecular flexibility index (Phi) is 6.84. The third kappa shape index (κ3) is 5.17. The lowest BCUT2D eigenvalue weighted by molar-refractivity contribution is -0.152. The molecule has 0 saturated carbocycles. The highest BCUT2D eigenvalue weighted by Crippen LogP contribution is 2.09. The number of rotatable bonds is 8. The molecule has 0 aliphatic carbocycles. The molecule has 21 heavy (non-hydrogen) atoms.